The molecule has 0 aromatic carbocycles. The van der Waals surface area contributed by atoms with E-state index in [2.05, 4.69) is 25.0 Å². The van der Waals surface area contributed by atoms with E-state index in [-0.39, 0.29) is 22.2 Å². The number of hydrogen-bond donors (Lipinski definition) is 0. The molecule has 0 radical (unpaired) electrons. The van der Waals surface area contributed by atoms with Crippen LogP contribution in [0.3, 0.4) is 0 Å². The highest BCUT2D eigenvalue weighted by atomic mass is 32.2. The van der Waals surface area contributed by atoms with Crippen molar-refractivity contribution < 1.29 is 8.42 Å². The molecule has 29 heavy (non-hydrogen) atoms. The van der Waals surface area contributed by atoms with Gasteiger partial charge in [0.2, 0.25) is 0 Å². The second-order valence-electron chi connectivity index (χ2n) is 6.39. The van der Waals surface area contributed by atoms with E-state index in [1.165, 1.54) is 23.1 Å². The van der Waals surface area contributed by atoms with Crippen molar-refractivity contribution in [2.75, 3.05) is 5.75 Å². The molecule has 0 aliphatic rings. The Hall–Kier alpha value is -3.65. The second kappa shape index (κ2) is 6.75. The maximum atomic E-state index is 12.7. The zero-order valence-electron chi connectivity index (χ0n) is 15.9. The molecule has 0 saturated carbocycles. The van der Waals surface area contributed by atoms with Gasteiger partial charge in [-0.3, -0.25) is 0 Å². The number of pyridine rings is 2. The molecule has 4 heterocycles. The molecule has 0 fully saturated rings. The van der Waals surface area contributed by atoms with Crippen LogP contribution in [0.15, 0.2) is 35.6 Å². The summed E-state index contributed by atoms with van der Waals surface area (Å²) in [6.45, 7) is 3.48. The molecular formula is C18H16N8O2S. The first-order chi connectivity index (χ1) is 13.8. The summed E-state index contributed by atoms with van der Waals surface area (Å²) in [6, 6.07) is 6.72. The fourth-order valence-electron chi connectivity index (χ4n) is 2.94. The zero-order valence-corrected chi connectivity index (χ0v) is 16.7. The van der Waals surface area contributed by atoms with E-state index in [4.69, 9.17) is 5.26 Å². The summed E-state index contributed by atoms with van der Waals surface area (Å²) >= 11 is 0. The number of nitrogens with zero attached hydrogens (tertiary/aromatic N) is 8. The average Bonchev–Trinajstić information content (AvgIpc) is 3.32. The van der Waals surface area contributed by atoms with Crippen molar-refractivity contribution in [1.82, 2.24) is 34.3 Å². The van der Waals surface area contributed by atoms with Crippen molar-refractivity contribution >= 4 is 21.0 Å². The highest BCUT2D eigenvalue weighted by Crippen LogP contribution is 2.29. The van der Waals surface area contributed by atoms with Gasteiger partial charge in [0.05, 0.1) is 10.6 Å². The van der Waals surface area contributed by atoms with Crippen molar-refractivity contribution in [3.05, 3.63) is 42.1 Å². The molecule has 0 atom stereocenters. The molecule has 0 N–H and O–H groups in total. The summed E-state index contributed by atoms with van der Waals surface area (Å²) in [5.41, 5.74) is 2.39. The lowest BCUT2D eigenvalue weighted by atomic mass is 10.3. The van der Waals surface area contributed by atoms with E-state index in [9.17, 15) is 8.42 Å². The van der Waals surface area contributed by atoms with Gasteiger partial charge in [-0.1, -0.05) is 6.92 Å². The smallest absolute Gasteiger partial charge is 0.252 e. The summed E-state index contributed by atoms with van der Waals surface area (Å²) in [4.78, 5) is 17.4. The van der Waals surface area contributed by atoms with Gasteiger partial charge in [0.15, 0.2) is 27.1 Å². The molecule has 0 unspecified atom stereocenters. The zero-order chi connectivity index (χ0) is 20.8. The lowest BCUT2D eigenvalue weighted by Gasteiger charge is -2.10. The molecule has 0 bridgehead atoms. The van der Waals surface area contributed by atoms with Gasteiger partial charge in [0, 0.05) is 13.2 Å². The third-order valence-corrected chi connectivity index (χ3v) is 6.20. The highest BCUT2D eigenvalue weighted by molar-refractivity contribution is 7.91. The molecule has 0 aliphatic heterocycles. The molecule has 11 heteroatoms. The summed E-state index contributed by atoms with van der Waals surface area (Å²) in [5.74, 6) is 0.596. The predicted octanol–water partition coefficient (Wildman–Crippen LogP) is 1.58. The average molecular weight is 408 g/mol. The van der Waals surface area contributed by atoms with E-state index in [1.807, 2.05) is 19.1 Å². The minimum absolute atomic E-state index is 0.0130. The Kier molecular flexibility index (Phi) is 4.35. The lowest BCUT2D eigenvalue weighted by molar-refractivity contribution is 0.597. The normalized spacial score (nSPS) is 11.7. The molecular weight excluding hydrogens is 392 g/mol. The Morgan fingerprint density at radius 3 is 2.69 bits per heavy atom. The van der Waals surface area contributed by atoms with Gasteiger partial charge in [0.1, 0.15) is 23.6 Å². The molecule has 4 aromatic rings. The first kappa shape index (κ1) is 18.7. The topological polar surface area (TPSA) is 132 Å². The van der Waals surface area contributed by atoms with E-state index in [1.54, 1.807) is 24.7 Å². The highest BCUT2D eigenvalue weighted by Gasteiger charge is 2.24. The van der Waals surface area contributed by atoms with Crippen LogP contribution < -0.4 is 0 Å². The fraction of sp³-hybridized carbons (Fsp3) is 0.222. The first-order valence-electron chi connectivity index (χ1n) is 8.69. The minimum Gasteiger partial charge on any atom is -0.310 e. The Balaban J connectivity index is 2.00. The van der Waals surface area contributed by atoms with E-state index in [0.717, 1.165) is 5.56 Å². The van der Waals surface area contributed by atoms with Crippen LogP contribution >= 0.6 is 0 Å². The third-order valence-electron chi connectivity index (χ3n) is 4.44. The van der Waals surface area contributed by atoms with Crippen LogP contribution in [0.4, 0.5) is 0 Å². The van der Waals surface area contributed by atoms with Gasteiger partial charge >= 0.3 is 0 Å². The fourth-order valence-corrected chi connectivity index (χ4v) is 3.96. The molecule has 0 saturated heterocycles. The molecule has 4 rings (SSSR count). The van der Waals surface area contributed by atoms with Crippen LogP contribution in [0, 0.1) is 18.3 Å². The maximum absolute atomic E-state index is 12.7. The van der Waals surface area contributed by atoms with Crippen molar-refractivity contribution in [2.24, 2.45) is 7.05 Å². The third kappa shape index (κ3) is 3.13. The lowest BCUT2D eigenvalue weighted by Crippen LogP contribution is -2.11. The van der Waals surface area contributed by atoms with Gasteiger partial charge in [-0.2, -0.15) is 5.26 Å². The standard InChI is InChI=1S/C18H16N8O2S/c1-4-29(27,28)13-5-6-15(26-10-21-14(8-19)24-26)23-16(13)18-22-12-7-11(2)9-20-17(12)25(18)3/h5-7,9-10H,4H2,1-3H3. The number of rotatable bonds is 4. The molecule has 146 valence electrons. The van der Waals surface area contributed by atoms with Crippen molar-refractivity contribution in [2.45, 2.75) is 18.7 Å². The van der Waals surface area contributed by atoms with Crippen LogP contribution in [0.1, 0.15) is 18.3 Å². The van der Waals surface area contributed by atoms with Gasteiger partial charge in [-0.05, 0) is 30.7 Å². The van der Waals surface area contributed by atoms with Gasteiger partial charge in [0.25, 0.3) is 5.82 Å². The number of sulfone groups is 1. The maximum Gasteiger partial charge on any atom is 0.252 e. The van der Waals surface area contributed by atoms with Gasteiger partial charge < -0.3 is 4.57 Å². The first-order valence-corrected chi connectivity index (χ1v) is 10.3. The minimum atomic E-state index is -3.57. The van der Waals surface area contributed by atoms with Crippen LogP contribution in [-0.4, -0.2) is 48.5 Å². The van der Waals surface area contributed by atoms with Crippen molar-refractivity contribution in [1.29, 1.82) is 5.26 Å². The van der Waals surface area contributed by atoms with Crippen molar-refractivity contribution in [3.63, 3.8) is 0 Å². The van der Waals surface area contributed by atoms with Gasteiger partial charge in [-0.15, -0.1) is 5.10 Å². The van der Waals surface area contributed by atoms with E-state index in [0.29, 0.717) is 22.8 Å². The van der Waals surface area contributed by atoms with Gasteiger partial charge in [-0.25, -0.2) is 33.0 Å². The Morgan fingerprint density at radius 2 is 2.00 bits per heavy atom. The Bertz CT molecular complexity index is 1400. The Morgan fingerprint density at radius 1 is 1.21 bits per heavy atom. The second-order valence-corrected chi connectivity index (χ2v) is 8.64. The number of fused-ring (bicyclic) bond motifs is 1. The van der Waals surface area contributed by atoms with Crippen LogP contribution in [-0.2, 0) is 16.9 Å². The summed E-state index contributed by atoms with van der Waals surface area (Å²) < 4.78 is 28.4. The van der Waals surface area contributed by atoms with Crippen LogP contribution in [0.5, 0.6) is 0 Å². The number of aromatic nitrogens is 7. The van der Waals surface area contributed by atoms with E-state index >= 15 is 0 Å². The summed E-state index contributed by atoms with van der Waals surface area (Å²) in [5, 5.41) is 13.0. The monoisotopic (exact) mass is 408 g/mol. The predicted molar refractivity (Wildman–Crippen MR) is 104 cm³/mol. The number of imidazole rings is 1. The summed E-state index contributed by atoms with van der Waals surface area (Å²) in [7, 11) is -1.81. The largest absolute Gasteiger partial charge is 0.310 e. The van der Waals surface area contributed by atoms with E-state index < -0.39 is 9.84 Å². The Labute approximate surface area is 166 Å². The quantitative estimate of drug-likeness (QED) is 0.497. The molecule has 0 spiro atoms. The molecule has 0 aliphatic carbocycles. The number of hydrogen-bond acceptors (Lipinski definition) is 8. The number of nitriles is 1. The molecule has 0 amide bonds. The molecule has 4 aromatic heterocycles. The van der Waals surface area contributed by atoms with Crippen LogP contribution in [0.25, 0.3) is 28.5 Å². The van der Waals surface area contributed by atoms with Crippen LogP contribution in [0.2, 0.25) is 0 Å². The number of aryl methyl sites for hydroxylation is 2. The SMILES string of the molecule is CCS(=O)(=O)c1ccc(-n2cnc(C#N)n2)nc1-c1nc2cc(C)cnc2n1C. The molecule has 10 nitrogen and oxygen atoms in total. The summed E-state index contributed by atoms with van der Waals surface area (Å²) in [6.07, 6.45) is 3.07. The van der Waals surface area contributed by atoms with Crippen molar-refractivity contribution in [3.8, 4) is 23.4 Å².